The molecule has 3 rings (SSSR count). The number of nitrogens with zero attached hydrogens (tertiary/aromatic N) is 2. The van der Waals surface area contributed by atoms with Crippen LogP contribution in [0.3, 0.4) is 0 Å². The van der Waals surface area contributed by atoms with Crippen LogP contribution in [-0.4, -0.2) is 15.9 Å². The van der Waals surface area contributed by atoms with Crippen molar-refractivity contribution in [2.75, 3.05) is 10.6 Å². The van der Waals surface area contributed by atoms with E-state index in [4.69, 9.17) is 11.6 Å². The van der Waals surface area contributed by atoms with Gasteiger partial charge in [-0.2, -0.15) is 0 Å². The topological polar surface area (TPSA) is 66.9 Å². The Morgan fingerprint density at radius 1 is 0.960 bits per heavy atom. The van der Waals surface area contributed by atoms with Crippen molar-refractivity contribution in [3.05, 3.63) is 83.3 Å². The Morgan fingerprint density at radius 3 is 2.40 bits per heavy atom. The van der Waals surface area contributed by atoms with Gasteiger partial charge < -0.3 is 10.6 Å². The van der Waals surface area contributed by atoms with Gasteiger partial charge in [0, 0.05) is 24.0 Å². The van der Waals surface area contributed by atoms with E-state index in [1.165, 1.54) is 0 Å². The lowest BCUT2D eigenvalue weighted by molar-refractivity contribution is -0.115. The van der Waals surface area contributed by atoms with E-state index < -0.39 is 0 Å². The van der Waals surface area contributed by atoms with Crippen molar-refractivity contribution in [1.82, 2.24) is 9.97 Å². The van der Waals surface area contributed by atoms with Crippen LogP contribution in [0.15, 0.2) is 67.1 Å². The molecule has 0 fully saturated rings. The second kappa shape index (κ2) is 8.26. The Hall–Kier alpha value is -2.92. The minimum Gasteiger partial charge on any atom is -0.366 e. The number of hydrogen-bond donors (Lipinski definition) is 2. The summed E-state index contributed by atoms with van der Waals surface area (Å²) < 4.78 is 0. The zero-order valence-corrected chi connectivity index (χ0v) is 14.2. The summed E-state index contributed by atoms with van der Waals surface area (Å²) in [7, 11) is 0. The van der Waals surface area contributed by atoms with Gasteiger partial charge in [-0.05, 0) is 47.5 Å². The van der Waals surface area contributed by atoms with E-state index in [9.17, 15) is 4.79 Å². The number of rotatable bonds is 6. The number of aromatic nitrogens is 2. The number of amides is 1. The minimum atomic E-state index is -0.0957. The Balaban J connectivity index is 1.51. The van der Waals surface area contributed by atoms with Crippen molar-refractivity contribution in [3.63, 3.8) is 0 Å². The van der Waals surface area contributed by atoms with Crippen LogP contribution >= 0.6 is 11.6 Å². The summed E-state index contributed by atoms with van der Waals surface area (Å²) in [6.45, 7) is 0.664. The van der Waals surface area contributed by atoms with Gasteiger partial charge in [0.05, 0.1) is 18.3 Å². The predicted molar refractivity (Wildman–Crippen MR) is 99.6 cm³/mol. The smallest absolute Gasteiger partial charge is 0.228 e. The predicted octanol–water partition coefficient (Wildman–Crippen LogP) is 3.92. The number of pyridine rings is 2. The number of carbonyl (C=O) groups excluding carboxylic acids is 1. The molecule has 25 heavy (non-hydrogen) atoms. The quantitative estimate of drug-likeness (QED) is 0.705. The van der Waals surface area contributed by atoms with E-state index in [0.717, 1.165) is 16.9 Å². The van der Waals surface area contributed by atoms with Crippen molar-refractivity contribution in [2.24, 2.45) is 0 Å². The Bertz CT molecular complexity index is 820. The van der Waals surface area contributed by atoms with Crippen LogP contribution in [0.5, 0.6) is 0 Å². The van der Waals surface area contributed by atoms with E-state index in [0.29, 0.717) is 23.7 Å². The van der Waals surface area contributed by atoms with Crippen LogP contribution < -0.4 is 10.6 Å². The monoisotopic (exact) mass is 352 g/mol. The lowest BCUT2D eigenvalue weighted by atomic mass is 10.1. The summed E-state index contributed by atoms with van der Waals surface area (Å²) in [5.41, 5.74) is 2.69. The van der Waals surface area contributed by atoms with Crippen LogP contribution in [0.25, 0.3) is 0 Å². The summed E-state index contributed by atoms with van der Waals surface area (Å²) in [5.74, 6) is 0.647. The molecule has 0 atom stereocenters. The molecule has 0 unspecified atom stereocenters. The first kappa shape index (κ1) is 16.9. The second-order valence-corrected chi connectivity index (χ2v) is 5.93. The van der Waals surface area contributed by atoms with Gasteiger partial charge in [-0.25, -0.2) is 4.98 Å². The number of nitrogens with one attached hydrogen (secondary N) is 2. The van der Waals surface area contributed by atoms with Crippen molar-refractivity contribution < 1.29 is 4.79 Å². The first-order chi connectivity index (χ1) is 12.2. The van der Waals surface area contributed by atoms with Gasteiger partial charge >= 0.3 is 0 Å². The molecular weight excluding hydrogens is 336 g/mol. The van der Waals surface area contributed by atoms with E-state index >= 15 is 0 Å². The SMILES string of the molecule is O=C(Cc1ccc(Cl)cc1)Nc1ccc(NCc2ccncc2)nc1. The van der Waals surface area contributed by atoms with Gasteiger partial charge in [-0.1, -0.05) is 23.7 Å². The highest BCUT2D eigenvalue weighted by Gasteiger charge is 2.05. The first-order valence-corrected chi connectivity index (χ1v) is 8.20. The average Bonchev–Trinajstić information content (AvgIpc) is 2.64. The highest BCUT2D eigenvalue weighted by molar-refractivity contribution is 6.30. The molecule has 2 heterocycles. The van der Waals surface area contributed by atoms with Crippen LogP contribution in [0, 0.1) is 0 Å². The maximum Gasteiger partial charge on any atom is 0.228 e. The first-order valence-electron chi connectivity index (χ1n) is 7.82. The van der Waals surface area contributed by atoms with Crippen molar-refractivity contribution in [1.29, 1.82) is 0 Å². The molecule has 0 aliphatic rings. The minimum absolute atomic E-state index is 0.0957. The van der Waals surface area contributed by atoms with Crippen LogP contribution in [-0.2, 0) is 17.8 Å². The highest BCUT2D eigenvalue weighted by Crippen LogP contribution is 2.13. The van der Waals surface area contributed by atoms with Gasteiger partial charge in [-0.3, -0.25) is 9.78 Å². The van der Waals surface area contributed by atoms with Gasteiger partial charge in [0.2, 0.25) is 5.91 Å². The number of carbonyl (C=O) groups is 1. The molecule has 0 saturated heterocycles. The zero-order chi connectivity index (χ0) is 17.5. The summed E-state index contributed by atoms with van der Waals surface area (Å²) in [6.07, 6.45) is 5.43. The molecule has 0 radical (unpaired) electrons. The molecule has 0 aliphatic carbocycles. The molecule has 0 aliphatic heterocycles. The second-order valence-electron chi connectivity index (χ2n) is 5.49. The van der Waals surface area contributed by atoms with Crippen molar-refractivity contribution >= 4 is 29.0 Å². The maximum atomic E-state index is 12.1. The highest BCUT2D eigenvalue weighted by atomic mass is 35.5. The molecule has 3 aromatic rings. The third-order valence-corrected chi connectivity index (χ3v) is 3.80. The summed E-state index contributed by atoms with van der Waals surface area (Å²) in [6, 6.07) is 14.8. The van der Waals surface area contributed by atoms with Crippen LogP contribution in [0.1, 0.15) is 11.1 Å². The molecule has 0 bridgehead atoms. The Kier molecular flexibility index (Phi) is 5.59. The zero-order valence-electron chi connectivity index (χ0n) is 13.4. The maximum absolute atomic E-state index is 12.1. The molecule has 0 saturated carbocycles. The van der Waals surface area contributed by atoms with E-state index in [1.807, 2.05) is 36.4 Å². The fourth-order valence-corrected chi connectivity index (χ4v) is 2.38. The summed E-state index contributed by atoms with van der Waals surface area (Å²) >= 11 is 5.84. The average molecular weight is 353 g/mol. The fraction of sp³-hybridized carbons (Fsp3) is 0.105. The van der Waals surface area contributed by atoms with E-state index in [2.05, 4.69) is 20.6 Å². The molecular formula is C19H17ClN4O. The summed E-state index contributed by atoms with van der Waals surface area (Å²) in [4.78, 5) is 20.4. The lowest BCUT2D eigenvalue weighted by Gasteiger charge is -2.08. The lowest BCUT2D eigenvalue weighted by Crippen LogP contribution is -2.14. The van der Waals surface area contributed by atoms with Crippen LogP contribution in [0.4, 0.5) is 11.5 Å². The molecule has 0 spiro atoms. The molecule has 6 heteroatoms. The third-order valence-electron chi connectivity index (χ3n) is 3.55. The Labute approximate surface area is 151 Å². The number of benzene rings is 1. The molecule has 1 amide bonds. The molecule has 1 aromatic carbocycles. The van der Waals surface area contributed by atoms with E-state index in [-0.39, 0.29) is 5.91 Å². The van der Waals surface area contributed by atoms with Gasteiger partial charge in [-0.15, -0.1) is 0 Å². The molecule has 126 valence electrons. The molecule has 5 nitrogen and oxygen atoms in total. The number of hydrogen-bond acceptors (Lipinski definition) is 4. The van der Waals surface area contributed by atoms with Crippen molar-refractivity contribution in [3.8, 4) is 0 Å². The number of anilines is 2. The standard InChI is InChI=1S/C19H17ClN4O/c20-16-3-1-14(2-4-16)11-19(25)24-17-5-6-18(23-13-17)22-12-15-7-9-21-10-8-15/h1-10,13H,11-12H2,(H,22,23)(H,24,25). The van der Waals surface area contributed by atoms with Crippen molar-refractivity contribution in [2.45, 2.75) is 13.0 Å². The van der Waals surface area contributed by atoms with Gasteiger partial charge in [0.1, 0.15) is 5.82 Å². The molecule has 2 N–H and O–H groups in total. The number of halogens is 1. The normalized spacial score (nSPS) is 10.3. The van der Waals surface area contributed by atoms with E-state index in [1.54, 1.807) is 30.7 Å². The Morgan fingerprint density at radius 2 is 1.72 bits per heavy atom. The van der Waals surface area contributed by atoms with Crippen LogP contribution in [0.2, 0.25) is 5.02 Å². The molecule has 2 aromatic heterocycles. The van der Waals surface area contributed by atoms with Gasteiger partial charge in [0.25, 0.3) is 0 Å². The van der Waals surface area contributed by atoms with Gasteiger partial charge in [0.15, 0.2) is 0 Å². The third kappa shape index (κ3) is 5.29. The summed E-state index contributed by atoms with van der Waals surface area (Å²) in [5, 5.41) is 6.71. The fourth-order valence-electron chi connectivity index (χ4n) is 2.26. The largest absolute Gasteiger partial charge is 0.366 e.